The second kappa shape index (κ2) is 6.65. The Morgan fingerprint density at radius 3 is 2.52 bits per heavy atom. The molecule has 0 spiro atoms. The van der Waals surface area contributed by atoms with Gasteiger partial charge < -0.3 is 15.8 Å². The van der Waals surface area contributed by atoms with Crippen LogP contribution in [-0.2, 0) is 4.79 Å². The zero-order valence-corrected chi connectivity index (χ0v) is 12.2. The molecule has 21 heavy (non-hydrogen) atoms. The molecule has 0 atom stereocenters. The van der Waals surface area contributed by atoms with Gasteiger partial charge in [-0.15, -0.1) is 0 Å². The number of carbonyl (C=O) groups is 1. The van der Waals surface area contributed by atoms with Crippen LogP contribution in [0.1, 0.15) is 0 Å². The highest BCUT2D eigenvalue weighted by atomic mass is 35.5. The van der Waals surface area contributed by atoms with E-state index in [1.807, 2.05) is 0 Å². The Bertz CT molecular complexity index is 657. The molecule has 0 radical (unpaired) electrons. The molecule has 0 heterocycles. The molecule has 4 nitrogen and oxygen atoms in total. The molecular formula is C14H11Cl2FN2O2. The van der Waals surface area contributed by atoms with Crippen LogP contribution in [0, 0.1) is 5.82 Å². The highest BCUT2D eigenvalue weighted by Crippen LogP contribution is 2.32. The van der Waals surface area contributed by atoms with Crippen LogP contribution in [-0.4, -0.2) is 12.5 Å². The quantitative estimate of drug-likeness (QED) is 0.840. The van der Waals surface area contributed by atoms with Crippen LogP contribution < -0.4 is 15.8 Å². The van der Waals surface area contributed by atoms with E-state index < -0.39 is 11.7 Å². The third-order valence-corrected chi connectivity index (χ3v) is 3.09. The van der Waals surface area contributed by atoms with Crippen molar-refractivity contribution in [3.05, 3.63) is 52.3 Å². The van der Waals surface area contributed by atoms with E-state index in [1.165, 1.54) is 30.3 Å². The lowest BCUT2D eigenvalue weighted by atomic mass is 10.3. The average molecular weight is 329 g/mol. The molecule has 0 aliphatic heterocycles. The molecule has 0 bridgehead atoms. The Kier molecular flexibility index (Phi) is 4.88. The standard InChI is InChI=1S/C14H11Cl2FN2O2/c15-11-5-9(18)6-12(16)14(11)19-13(20)7-21-10-3-1-2-8(17)4-10/h1-6H,7,18H2,(H,19,20). The number of amides is 1. The number of nitrogens with one attached hydrogen (secondary N) is 1. The fraction of sp³-hybridized carbons (Fsp3) is 0.0714. The second-order valence-electron chi connectivity index (χ2n) is 4.15. The van der Waals surface area contributed by atoms with Crippen molar-refractivity contribution in [1.82, 2.24) is 0 Å². The van der Waals surface area contributed by atoms with E-state index in [9.17, 15) is 9.18 Å². The predicted octanol–water partition coefficient (Wildman–Crippen LogP) is 3.73. The topological polar surface area (TPSA) is 64.3 Å². The average Bonchev–Trinajstić information content (AvgIpc) is 2.40. The van der Waals surface area contributed by atoms with Gasteiger partial charge in [0.05, 0.1) is 15.7 Å². The third-order valence-electron chi connectivity index (χ3n) is 2.49. The molecule has 0 aliphatic carbocycles. The van der Waals surface area contributed by atoms with Gasteiger partial charge in [-0.1, -0.05) is 29.3 Å². The summed E-state index contributed by atoms with van der Waals surface area (Å²) in [5.41, 5.74) is 6.20. The third kappa shape index (κ3) is 4.24. The van der Waals surface area contributed by atoms with Crippen LogP contribution in [0.2, 0.25) is 10.0 Å². The van der Waals surface area contributed by atoms with Crippen molar-refractivity contribution < 1.29 is 13.9 Å². The summed E-state index contributed by atoms with van der Waals surface area (Å²) in [5.74, 6) is -0.676. The predicted molar refractivity (Wildman–Crippen MR) is 81.4 cm³/mol. The van der Waals surface area contributed by atoms with Crippen LogP contribution in [0.15, 0.2) is 36.4 Å². The number of halogens is 3. The maximum atomic E-state index is 13.0. The van der Waals surface area contributed by atoms with Crippen LogP contribution in [0.3, 0.4) is 0 Å². The van der Waals surface area contributed by atoms with Gasteiger partial charge in [-0.2, -0.15) is 0 Å². The zero-order chi connectivity index (χ0) is 15.4. The highest BCUT2D eigenvalue weighted by molar-refractivity contribution is 6.40. The molecule has 0 aromatic heterocycles. The summed E-state index contributed by atoms with van der Waals surface area (Å²) in [6.07, 6.45) is 0. The van der Waals surface area contributed by atoms with Gasteiger partial charge in [0.1, 0.15) is 11.6 Å². The number of anilines is 2. The van der Waals surface area contributed by atoms with Crippen molar-refractivity contribution in [1.29, 1.82) is 0 Å². The normalized spacial score (nSPS) is 10.2. The highest BCUT2D eigenvalue weighted by Gasteiger charge is 2.11. The monoisotopic (exact) mass is 328 g/mol. The van der Waals surface area contributed by atoms with Gasteiger partial charge in [0, 0.05) is 11.8 Å². The number of carbonyl (C=O) groups excluding carboxylic acids is 1. The van der Waals surface area contributed by atoms with Crippen molar-refractivity contribution in [2.45, 2.75) is 0 Å². The first-order chi connectivity index (χ1) is 9.95. The van der Waals surface area contributed by atoms with Gasteiger partial charge in [0.15, 0.2) is 6.61 Å². The van der Waals surface area contributed by atoms with E-state index in [0.717, 1.165) is 0 Å². The molecule has 0 unspecified atom stereocenters. The molecule has 0 saturated carbocycles. The first-order valence-electron chi connectivity index (χ1n) is 5.88. The summed E-state index contributed by atoms with van der Waals surface area (Å²) in [4.78, 5) is 11.8. The van der Waals surface area contributed by atoms with Crippen molar-refractivity contribution >= 4 is 40.5 Å². The molecule has 2 aromatic carbocycles. The van der Waals surface area contributed by atoms with Crippen LogP contribution in [0.5, 0.6) is 5.75 Å². The first-order valence-corrected chi connectivity index (χ1v) is 6.64. The van der Waals surface area contributed by atoms with Gasteiger partial charge in [0.2, 0.25) is 0 Å². The molecule has 2 rings (SSSR count). The summed E-state index contributed by atoms with van der Waals surface area (Å²) in [6.45, 7) is -0.305. The summed E-state index contributed by atoms with van der Waals surface area (Å²) in [7, 11) is 0. The van der Waals surface area contributed by atoms with Gasteiger partial charge in [-0.3, -0.25) is 4.79 Å². The van der Waals surface area contributed by atoms with Gasteiger partial charge in [0.25, 0.3) is 5.91 Å². The molecule has 1 amide bonds. The second-order valence-corrected chi connectivity index (χ2v) is 4.97. The Morgan fingerprint density at radius 2 is 1.90 bits per heavy atom. The van der Waals surface area contributed by atoms with Crippen molar-refractivity contribution in [2.75, 3.05) is 17.7 Å². The molecule has 2 aromatic rings. The van der Waals surface area contributed by atoms with E-state index in [2.05, 4.69) is 5.32 Å². The summed E-state index contributed by atoms with van der Waals surface area (Å²) in [5, 5.41) is 2.96. The van der Waals surface area contributed by atoms with Gasteiger partial charge in [-0.25, -0.2) is 4.39 Å². The summed E-state index contributed by atoms with van der Waals surface area (Å²) >= 11 is 11.9. The van der Waals surface area contributed by atoms with E-state index >= 15 is 0 Å². The number of nitrogen functional groups attached to an aromatic ring is 1. The minimum atomic E-state index is -0.479. The maximum Gasteiger partial charge on any atom is 0.262 e. The number of hydrogen-bond donors (Lipinski definition) is 2. The minimum Gasteiger partial charge on any atom is -0.484 e. The first kappa shape index (κ1) is 15.4. The lowest BCUT2D eigenvalue weighted by Gasteiger charge is -2.11. The van der Waals surface area contributed by atoms with Crippen molar-refractivity contribution in [3.8, 4) is 5.75 Å². The Labute approximate surface area is 130 Å². The molecule has 110 valence electrons. The molecule has 7 heteroatoms. The zero-order valence-electron chi connectivity index (χ0n) is 10.7. The lowest BCUT2D eigenvalue weighted by molar-refractivity contribution is -0.118. The van der Waals surface area contributed by atoms with E-state index in [-0.39, 0.29) is 28.1 Å². The number of benzene rings is 2. The molecule has 0 saturated heterocycles. The summed E-state index contributed by atoms with van der Waals surface area (Å²) < 4.78 is 18.1. The van der Waals surface area contributed by atoms with E-state index in [0.29, 0.717) is 5.69 Å². The molecule has 3 N–H and O–H groups in total. The fourth-order valence-corrected chi connectivity index (χ4v) is 2.19. The summed E-state index contributed by atoms with van der Waals surface area (Å²) in [6, 6.07) is 8.42. The number of nitrogens with two attached hydrogens (primary N) is 1. The lowest BCUT2D eigenvalue weighted by Crippen LogP contribution is -2.20. The van der Waals surface area contributed by atoms with Crippen molar-refractivity contribution in [2.24, 2.45) is 0 Å². The number of ether oxygens (including phenoxy) is 1. The van der Waals surface area contributed by atoms with Crippen LogP contribution in [0.25, 0.3) is 0 Å². The number of rotatable bonds is 4. The number of hydrogen-bond acceptors (Lipinski definition) is 3. The maximum absolute atomic E-state index is 13.0. The Balaban J connectivity index is 1.99. The van der Waals surface area contributed by atoms with E-state index in [1.54, 1.807) is 6.07 Å². The molecule has 0 fully saturated rings. The Hall–Kier alpha value is -1.98. The van der Waals surface area contributed by atoms with Crippen LogP contribution >= 0.6 is 23.2 Å². The SMILES string of the molecule is Nc1cc(Cl)c(NC(=O)COc2cccc(F)c2)c(Cl)c1. The van der Waals surface area contributed by atoms with Crippen molar-refractivity contribution in [3.63, 3.8) is 0 Å². The smallest absolute Gasteiger partial charge is 0.262 e. The van der Waals surface area contributed by atoms with E-state index in [4.69, 9.17) is 33.7 Å². The van der Waals surface area contributed by atoms with Crippen LogP contribution in [0.4, 0.5) is 15.8 Å². The minimum absolute atomic E-state index is 0.221. The van der Waals surface area contributed by atoms with Gasteiger partial charge >= 0.3 is 0 Å². The van der Waals surface area contributed by atoms with Gasteiger partial charge in [-0.05, 0) is 24.3 Å². The molecule has 0 aliphatic rings. The largest absolute Gasteiger partial charge is 0.484 e. The fourth-order valence-electron chi connectivity index (χ4n) is 1.59. The molecular weight excluding hydrogens is 318 g/mol. The Morgan fingerprint density at radius 1 is 1.24 bits per heavy atom.